The van der Waals surface area contributed by atoms with Gasteiger partial charge in [0.15, 0.2) is 11.5 Å². The molecule has 1 amide bonds. The van der Waals surface area contributed by atoms with Gasteiger partial charge < -0.3 is 24.6 Å². The highest BCUT2D eigenvalue weighted by Crippen LogP contribution is 2.32. The van der Waals surface area contributed by atoms with E-state index in [0.29, 0.717) is 5.56 Å². The van der Waals surface area contributed by atoms with Gasteiger partial charge in [-0.15, -0.1) is 0 Å². The molecule has 0 aromatic heterocycles. The number of aliphatic carboxylic acids is 1. The number of para-hydroxylation sites is 1. The van der Waals surface area contributed by atoms with Crippen molar-refractivity contribution in [2.24, 2.45) is 0 Å². The summed E-state index contributed by atoms with van der Waals surface area (Å²) < 4.78 is 15.3. The van der Waals surface area contributed by atoms with Crippen molar-refractivity contribution in [1.29, 1.82) is 0 Å². The smallest absolute Gasteiger partial charge is 0.328 e. The molecule has 1 atom stereocenters. The maximum atomic E-state index is 12.9. The molecule has 10 heteroatoms. The molecule has 174 valence electrons. The molecule has 0 bridgehead atoms. The Balaban J connectivity index is 2.25. The molecule has 2 aromatic rings. The van der Waals surface area contributed by atoms with Crippen LogP contribution in [0.2, 0.25) is 0 Å². The van der Waals surface area contributed by atoms with Crippen LogP contribution in [-0.2, 0) is 30.5 Å². The fourth-order valence-electron chi connectivity index (χ4n) is 2.76. The molecule has 0 spiro atoms. The molecule has 0 saturated carbocycles. The SMILES string of the molecule is CC(=O)Oc1cccc(C(=O)N[C@@H](CCC(=O)O)C(=O)OCc2ccccc2)c1OC(C)=O. The molecule has 0 saturated heterocycles. The Kier molecular flexibility index (Phi) is 9.10. The van der Waals surface area contributed by atoms with Gasteiger partial charge >= 0.3 is 23.9 Å². The van der Waals surface area contributed by atoms with Crippen molar-refractivity contribution in [3.8, 4) is 11.5 Å². The third-order valence-corrected chi connectivity index (χ3v) is 4.18. The lowest BCUT2D eigenvalue weighted by Crippen LogP contribution is -2.42. The number of hydrogen-bond acceptors (Lipinski definition) is 8. The Labute approximate surface area is 189 Å². The molecule has 0 fully saturated rings. The van der Waals surface area contributed by atoms with Crippen LogP contribution in [0.25, 0.3) is 0 Å². The average molecular weight is 457 g/mol. The van der Waals surface area contributed by atoms with Crippen LogP contribution in [0.1, 0.15) is 42.6 Å². The molecule has 2 rings (SSSR count). The second kappa shape index (κ2) is 12.0. The topological polar surface area (TPSA) is 145 Å². The number of esters is 3. The maximum Gasteiger partial charge on any atom is 0.328 e. The van der Waals surface area contributed by atoms with Crippen molar-refractivity contribution < 1.29 is 43.3 Å². The molecule has 0 aliphatic heterocycles. The van der Waals surface area contributed by atoms with Gasteiger partial charge in [-0.05, 0) is 24.1 Å². The average Bonchev–Trinajstić information content (AvgIpc) is 2.75. The second-order valence-corrected chi connectivity index (χ2v) is 6.87. The maximum absolute atomic E-state index is 12.9. The fourth-order valence-corrected chi connectivity index (χ4v) is 2.76. The lowest BCUT2D eigenvalue weighted by molar-refractivity contribution is -0.148. The summed E-state index contributed by atoms with van der Waals surface area (Å²) in [6.45, 7) is 2.16. The standard InChI is InChI=1S/C23H23NO9/c1-14(25)32-19-10-6-9-17(21(19)33-15(2)26)22(29)24-18(11-12-20(27)28)23(30)31-13-16-7-4-3-5-8-16/h3-10,18H,11-13H2,1-2H3,(H,24,29)(H,27,28)/t18-/m0/s1. The Hall–Kier alpha value is -4.21. The molecule has 0 aliphatic rings. The first-order chi connectivity index (χ1) is 15.7. The lowest BCUT2D eigenvalue weighted by Gasteiger charge is -2.19. The van der Waals surface area contributed by atoms with Crippen molar-refractivity contribution in [3.05, 3.63) is 59.7 Å². The van der Waals surface area contributed by atoms with E-state index >= 15 is 0 Å². The summed E-state index contributed by atoms with van der Waals surface area (Å²) >= 11 is 0. The van der Waals surface area contributed by atoms with Crippen LogP contribution in [0.3, 0.4) is 0 Å². The van der Waals surface area contributed by atoms with Gasteiger partial charge in [0.1, 0.15) is 12.6 Å². The fraction of sp³-hybridized carbons (Fsp3) is 0.261. The number of carboxylic acid groups (broad SMARTS) is 1. The minimum absolute atomic E-state index is 0.0697. The summed E-state index contributed by atoms with van der Waals surface area (Å²) in [4.78, 5) is 59.4. The van der Waals surface area contributed by atoms with Gasteiger partial charge in [0.25, 0.3) is 5.91 Å². The zero-order valence-corrected chi connectivity index (χ0v) is 18.0. The summed E-state index contributed by atoms with van der Waals surface area (Å²) in [7, 11) is 0. The number of hydrogen-bond donors (Lipinski definition) is 2. The summed E-state index contributed by atoms with van der Waals surface area (Å²) in [5.74, 6) is -4.81. The van der Waals surface area contributed by atoms with E-state index in [4.69, 9.17) is 19.3 Å². The number of nitrogens with one attached hydrogen (secondary N) is 1. The predicted octanol–water partition coefficient (Wildman–Crippen LogP) is 2.24. The minimum atomic E-state index is -1.29. The number of benzene rings is 2. The highest BCUT2D eigenvalue weighted by molar-refractivity contribution is 6.00. The molecule has 0 radical (unpaired) electrons. The Bertz CT molecular complexity index is 1030. The van der Waals surface area contributed by atoms with Crippen LogP contribution < -0.4 is 14.8 Å². The van der Waals surface area contributed by atoms with Gasteiger partial charge in [0, 0.05) is 20.3 Å². The first-order valence-electron chi connectivity index (χ1n) is 9.90. The third kappa shape index (κ3) is 8.09. The molecule has 0 aliphatic carbocycles. The van der Waals surface area contributed by atoms with Crippen molar-refractivity contribution >= 4 is 29.8 Å². The summed E-state index contributed by atoms with van der Waals surface area (Å²) in [5, 5.41) is 11.4. The summed E-state index contributed by atoms with van der Waals surface area (Å²) in [6, 6.07) is 11.5. The van der Waals surface area contributed by atoms with Crippen LogP contribution in [0, 0.1) is 0 Å². The van der Waals surface area contributed by atoms with E-state index in [1.807, 2.05) is 0 Å². The Morgan fingerprint density at radius 1 is 0.909 bits per heavy atom. The van der Waals surface area contributed by atoms with E-state index in [2.05, 4.69) is 5.32 Å². The molecule has 0 heterocycles. The zero-order valence-electron chi connectivity index (χ0n) is 18.0. The molecule has 2 N–H and O–H groups in total. The van der Waals surface area contributed by atoms with E-state index in [9.17, 15) is 24.0 Å². The van der Waals surface area contributed by atoms with E-state index in [-0.39, 0.29) is 30.1 Å². The largest absolute Gasteiger partial charge is 0.481 e. The number of rotatable bonds is 10. The van der Waals surface area contributed by atoms with Crippen LogP contribution >= 0.6 is 0 Å². The van der Waals surface area contributed by atoms with Crippen molar-refractivity contribution in [3.63, 3.8) is 0 Å². The summed E-state index contributed by atoms with van der Waals surface area (Å²) in [5.41, 5.74) is 0.514. The molecule has 33 heavy (non-hydrogen) atoms. The number of carboxylic acids is 1. The van der Waals surface area contributed by atoms with Gasteiger partial charge in [0.2, 0.25) is 0 Å². The van der Waals surface area contributed by atoms with Gasteiger partial charge in [-0.3, -0.25) is 19.2 Å². The normalized spacial score (nSPS) is 11.1. The van der Waals surface area contributed by atoms with E-state index < -0.39 is 42.2 Å². The molecular formula is C23H23NO9. The number of amides is 1. The Morgan fingerprint density at radius 3 is 2.18 bits per heavy atom. The summed E-state index contributed by atoms with van der Waals surface area (Å²) in [6.07, 6.45) is -0.642. The number of carbonyl (C=O) groups is 5. The van der Waals surface area contributed by atoms with E-state index in [1.165, 1.54) is 18.2 Å². The highest BCUT2D eigenvalue weighted by atomic mass is 16.6. The van der Waals surface area contributed by atoms with E-state index in [1.54, 1.807) is 30.3 Å². The van der Waals surface area contributed by atoms with Gasteiger partial charge in [-0.25, -0.2) is 4.79 Å². The lowest BCUT2D eigenvalue weighted by atomic mass is 10.1. The van der Waals surface area contributed by atoms with Crippen molar-refractivity contribution in [2.45, 2.75) is 39.3 Å². The number of ether oxygens (including phenoxy) is 3. The van der Waals surface area contributed by atoms with Crippen LogP contribution in [-0.4, -0.2) is 40.9 Å². The van der Waals surface area contributed by atoms with Crippen molar-refractivity contribution in [1.82, 2.24) is 5.32 Å². The monoisotopic (exact) mass is 457 g/mol. The first kappa shape index (κ1) is 25.1. The van der Waals surface area contributed by atoms with Gasteiger partial charge in [0.05, 0.1) is 5.56 Å². The van der Waals surface area contributed by atoms with Crippen LogP contribution in [0.4, 0.5) is 0 Å². The second-order valence-electron chi connectivity index (χ2n) is 6.87. The molecule has 2 aromatic carbocycles. The third-order valence-electron chi connectivity index (χ3n) is 4.18. The number of carbonyl (C=O) groups excluding carboxylic acids is 4. The highest BCUT2D eigenvalue weighted by Gasteiger charge is 2.27. The quantitative estimate of drug-likeness (QED) is 0.405. The molecule has 10 nitrogen and oxygen atoms in total. The minimum Gasteiger partial charge on any atom is -0.481 e. The molecule has 0 unspecified atom stereocenters. The first-order valence-corrected chi connectivity index (χ1v) is 9.90. The van der Waals surface area contributed by atoms with Crippen molar-refractivity contribution in [2.75, 3.05) is 0 Å². The molecular weight excluding hydrogens is 434 g/mol. The van der Waals surface area contributed by atoms with Gasteiger partial charge in [-0.1, -0.05) is 36.4 Å². The predicted molar refractivity (Wildman–Crippen MR) is 113 cm³/mol. The van der Waals surface area contributed by atoms with Gasteiger partial charge in [-0.2, -0.15) is 0 Å². The van der Waals surface area contributed by atoms with E-state index in [0.717, 1.165) is 13.8 Å². The zero-order chi connectivity index (χ0) is 24.4. The van der Waals surface area contributed by atoms with Crippen LogP contribution in [0.15, 0.2) is 48.5 Å². The van der Waals surface area contributed by atoms with Crippen LogP contribution in [0.5, 0.6) is 11.5 Å². The Morgan fingerprint density at radius 2 is 1.58 bits per heavy atom.